The maximum Gasteiger partial charge on any atom is 0.239 e. The number of nitrogen functional groups attached to an aromatic ring is 1. The van der Waals surface area contributed by atoms with Gasteiger partial charge in [0.1, 0.15) is 5.82 Å². The lowest BCUT2D eigenvalue weighted by Gasteiger charge is -2.36. The zero-order valence-electron chi connectivity index (χ0n) is 14.1. The largest absolute Gasteiger partial charge is 0.367 e. The Balaban J connectivity index is 1.37. The van der Waals surface area contributed by atoms with E-state index in [4.69, 9.17) is 5.73 Å². The van der Waals surface area contributed by atoms with Crippen LogP contribution < -0.4 is 5.73 Å². The van der Waals surface area contributed by atoms with Crippen molar-refractivity contribution in [3.8, 4) is 0 Å². The summed E-state index contributed by atoms with van der Waals surface area (Å²) in [6, 6.07) is 0.310. The van der Waals surface area contributed by atoms with Crippen LogP contribution in [0.1, 0.15) is 30.8 Å². The molecule has 134 valence electrons. The fourth-order valence-corrected chi connectivity index (χ4v) is 4.50. The van der Waals surface area contributed by atoms with Crippen LogP contribution in [-0.4, -0.2) is 61.5 Å². The van der Waals surface area contributed by atoms with Crippen molar-refractivity contribution >= 4 is 23.2 Å². The van der Waals surface area contributed by atoms with Gasteiger partial charge in [-0.25, -0.2) is 4.98 Å². The minimum atomic E-state index is 0.208. The Morgan fingerprint density at radius 1 is 1.36 bits per heavy atom. The van der Waals surface area contributed by atoms with Crippen molar-refractivity contribution in [3.63, 3.8) is 0 Å². The van der Waals surface area contributed by atoms with Crippen molar-refractivity contribution in [2.24, 2.45) is 5.92 Å². The summed E-state index contributed by atoms with van der Waals surface area (Å²) in [6.45, 7) is 3.75. The molecule has 8 nitrogen and oxygen atoms in total. The minimum absolute atomic E-state index is 0.208. The van der Waals surface area contributed by atoms with Gasteiger partial charge < -0.3 is 10.6 Å². The van der Waals surface area contributed by atoms with E-state index in [1.165, 1.54) is 6.42 Å². The van der Waals surface area contributed by atoms with Crippen molar-refractivity contribution in [1.29, 1.82) is 0 Å². The number of aromatic amines is 1. The Kier molecular flexibility index (Phi) is 4.67. The number of H-pyrrole nitrogens is 1. The van der Waals surface area contributed by atoms with E-state index in [0.29, 0.717) is 30.6 Å². The molecule has 25 heavy (non-hydrogen) atoms. The first kappa shape index (κ1) is 16.5. The smallest absolute Gasteiger partial charge is 0.239 e. The lowest BCUT2D eigenvalue weighted by atomic mass is 9.94. The molecule has 3 aliphatic rings. The van der Waals surface area contributed by atoms with Crippen molar-refractivity contribution in [3.05, 3.63) is 22.4 Å². The lowest BCUT2D eigenvalue weighted by Crippen LogP contribution is -2.47. The number of aromatic nitrogens is 4. The third-order valence-electron chi connectivity index (χ3n) is 5.10. The fourth-order valence-electron chi connectivity index (χ4n) is 3.95. The average Bonchev–Trinajstić information content (AvgIpc) is 3.17. The van der Waals surface area contributed by atoms with Crippen molar-refractivity contribution in [1.82, 2.24) is 30.0 Å². The molecular weight excluding hydrogens is 338 g/mol. The number of amides is 1. The van der Waals surface area contributed by atoms with Gasteiger partial charge in [0.05, 0.1) is 11.2 Å². The van der Waals surface area contributed by atoms with Gasteiger partial charge in [-0.1, -0.05) is 0 Å². The standard InChI is InChI=1S/C16H23N7OS/c17-16-19-14(20-21-16)3-4-15(24)23-6-11-1-2-13(23)8-22(5-11)7-12-9-25-10-18-12/h9-11,13H,1-8H2,(H3,17,19,20,21)/t11-,13+/m0/s1. The lowest BCUT2D eigenvalue weighted by molar-refractivity contribution is -0.135. The summed E-state index contributed by atoms with van der Waals surface area (Å²) in [5.41, 5.74) is 8.52. The fraction of sp³-hybridized carbons (Fsp3) is 0.625. The van der Waals surface area contributed by atoms with Crippen LogP contribution in [0.2, 0.25) is 0 Å². The number of rotatable bonds is 5. The topological polar surface area (TPSA) is 104 Å². The highest BCUT2D eigenvalue weighted by Gasteiger charge is 2.36. The third-order valence-corrected chi connectivity index (χ3v) is 5.74. The molecule has 1 amide bonds. The van der Waals surface area contributed by atoms with Gasteiger partial charge in [0.2, 0.25) is 11.9 Å². The molecule has 0 spiro atoms. The Morgan fingerprint density at radius 3 is 3.04 bits per heavy atom. The van der Waals surface area contributed by atoms with Crippen LogP contribution in [0.25, 0.3) is 0 Å². The zero-order valence-corrected chi connectivity index (χ0v) is 14.9. The summed E-state index contributed by atoms with van der Waals surface area (Å²) in [4.78, 5) is 25.8. The Bertz CT molecular complexity index is 716. The van der Waals surface area contributed by atoms with E-state index >= 15 is 0 Å². The number of anilines is 1. The highest BCUT2D eigenvalue weighted by Crippen LogP contribution is 2.29. The first-order valence-corrected chi connectivity index (χ1v) is 9.67. The molecule has 3 fully saturated rings. The molecule has 5 rings (SSSR count). The number of carbonyl (C=O) groups is 1. The highest BCUT2D eigenvalue weighted by molar-refractivity contribution is 7.07. The number of hydrogen-bond donors (Lipinski definition) is 2. The summed E-state index contributed by atoms with van der Waals surface area (Å²) in [5, 5.41) is 8.69. The molecule has 2 bridgehead atoms. The molecule has 2 aromatic rings. The molecule has 0 aliphatic carbocycles. The van der Waals surface area contributed by atoms with E-state index in [9.17, 15) is 4.79 Å². The molecule has 9 heteroatoms. The van der Waals surface area contributed by atoms with Gasteiger partial charge >= 0.3 is 0 Å². The van der Waals surface area contributed by atoms with Crippen molar-refractivity contribution < 1.29 is 4.79 Å². The van der Waals surface area contributed by atoms with Crippen LogP contribution in [-0.2, 0) is 17.8 Å². The second-order valence-corrected chi connectivity index (χ2v) is 7.68. The summed E-state index contributed by atoms with van der Waals surface area (Å²) in [6.07, 6.45) is 3.31. The van der Waals surface area contributed by atoms with Crippen LogP contribution >= 0.6 is 11.3 Å². The molecule has 2 aromatic heterocycles. The van der Waals surface area contributed by atoms with Crippen LogP contribution in [0.3, 0.4) is 0 Å². The van der Waals surface area contributed by atoms with Gasteiger partial charge in [0.25, 0.3) is 0 Å². The van der Waals surface area contributed by atoms with E-state index in [2.05, 4.69) is 35.3 Å². The molecule has 2 atom stereocenters. The van der Waals surface area contributed by atoms with Crippen molar-refractivity contribution in [2.75, 3.05) is 25.4 Å². The third kappa shape index (κ3) is 3.82. The van der Waals surface area contributed by atoms with Gasteiger partial charge in [0.15, 0.2) is 0 Å². The maximum atomic E-state index is 12.7. The number of nitrogens with zero attached hydrogens (tertiary/aromatic N) is 5. The number of hydrogen-bond acceptors (Lipinski definition) is 7. The molecule has 0 radical (unpaired) electrons. The maximum absolute atomic E-state index is 12.7. The second kappa shape index (κ2) is 7.09. The minimum Gasteiger partial charge on any atom is -0.367 e. The summed E-state index contributed by atoms with van der Waals surface area (Å²) < 4.78 is 0. The number of aryl methyl sites for hydroxylation is 1. The molecule has 0 aromatic carbocycles. The summed E-state index contributed by atoms with van der Waals surface area (Å²) in [5.74, 6) is 1.67. The molecule has 0 unspecified atom stereocenters. The molecule has 3 saturated heterocycles. The molecular formula is C16H23N7OS. The quantitative estimate of drug-likeness (QED) is 0.820. The SMILES string of the molecule is Nc1n[nH]c(CCC(=O)N2C[C@H]3CC[C@@H]2CN(Cc2cscn2)C3)n1. The van der Waals surface area contributed by atoms with Crippen LogP contribution in [0.5, 0.6) is 0 Å². The van der Waals surface area contributed by atoms with E-state index in [-0.39, 0.29) is 11.9 Å². The Hall–Kier alpha value is -2.00. The van der Waals surface area contributed by atoms with Gasteiger partial charge in [-0.3, -0.25) is 14.8 Å². The number of piperidine rings is 1. The van der Waals surface area contributed by atoms with Crippen LogP contribution in [0.4, 0.5) is 5.95 Å². The van der Waals surface area contributed by atoms with Crippen molar-refractivity contribution in [2.45, 2.75) is 38.3 Å². The first-order valence-electron chi connectivity index (χ1n) is 8.73. The second-order valence-electron chi connectivity index (χ2n) is 6.96. The predicted octanol–water partition coefficient (Wildman–Crippen LogP) is 0.899. The van der Waals surface area contributed by atoms with Gasteiger partial charge in [-0.15, -0.1) is 16.4 Å². The summed E-state index contributed by atoms with van der Waals surface area (Å²) >= 11 is 1.64. The average molecular weight is 361 g/mol. The van der Waals surface area contributed by atoms with E-state index < -0.39 is 0 Å². The Labute approximate surface area is 150 Å². The highest BCUT2D eigenvalue weighted by atomic mass is 32.1. The first-order chi connectivity index (χ1) is 12.2. The predicted molar refractivity (Wildman–Crippen MR) is 94.7 cm³/mol. The normalized spacial score (nSPS) is 23.8. The number of nitrogens with one attached hydrogen (secondary N) is 1. The molecule has 5 heterocycles. The monoisotopic (exact) mass is 361 g/mol. The van der Waals surface area contributed by atoms with E-state index in [1.54, 1.807) is 11.3 Å². The number of thiazole rings is 1. The Morgan fingerprint density at radius 2 is 2.28 bits per heavy atom. The van der Waals surface area contributed by atoms with E-state index in [0.717, 1.165) is 38.3 Å². The molecule has 3 N–H and O–H groups in total. The molecule has 3 aliphatic heterocycles. The molecule has 0 saturated carbocycles. The number of nitrogens with two attached hydrogens (primary N) is 1. The van der Waals surface area contributed by atoms with Gasteiger partial charge in [-0.2, -0.15) is 4.98 Å². The van der Waals surface area contributed by atoms with E-state index in [1.807, 2.05) is 5.51 Å². The zero-order chi connectivity index (χ0) is 17.2. The van der Waals surface area contributed by atoms with Gasteiger partial charge in [-0.05, 0) is 18.8 Å². The van der Waals surface area contributed by atoms with Crippen LogP contribution in [0.15, 0.2) is 10.9 Å². The number of fused-ring (bicyclic) bond motifs is 4. The van der Waals surface area contributed by atoms with Crippen LogP contribution in [0, 0.1) is 5.92 Å². The van der Waals surface area contributed by atoms with Gasteiger partial charge in [0, 0.05) is 50.4 Å². The number of carbonyl (C=O) groups excluding carboxylic acids is 1. The summed E-state index contributed by atoms with van der Waals surface area (Å²) in [7, 11) is 0.